The minimum atomic E-state index is -0.743. The lowest BCUT2D eigenvalue weighted by Gasteiger charge is -2.11. The van der Waals surface area contributed by atoms with Crippen molar-refractivity contribution in [2.24, 2.45) is 0 Å². The van der Waals surface area contributed by atoms with Crippen molar-refractivity contribution in [3.8, 4) is 5.75 Å². The summed E-state index contributed by atoms with van der Waals surface area (Å²) >= 11 is 0. The molecule has 18 heavy (non-hydrogen) atoms. The number of methoxy groups -OCH3 is 1. The SMILES string of the molecule is COc1c(C)cc(CNCCCC(=O)O)cc1C. The Morgan fingerprint density at radius 2 is 1.94 bits per heavy atom. The molecule has 4 heteroatoms. The highest BCUT2D eigenvalue weighted by Gasteiger charge is 2.05. The van der Waals surface area contributed by atoms with E-state index >= 15 is 0 Å². The zero-order chi connectivity index (χ0) is 13.5. The van der Waals surface area contributed by atoms with E-state index in [0.717, 1.165) is 30.0 Å². The molecule has 1 rings (SSSR count). The maximum atomic E-state index is 10.4. The molecular weight excluding hydrogens is 230 g/mol. The number of hydrogen-bond donors (Lipinski definition) is 2. The molecule has 0 atom stereocenters. The molecule has 1 aromatic rings. The lowest BCUT2D eigenvalue weighted by Crippen LogP contribution is -2.16. The van der Waals surface area contributed by atoms with Gasteiger partial charge in [-0.1, -0.05) is 12.1 Å². The highest BCUT2D eigenvalue weighted by atomic mass is 16.5. The van der Waals surface area contributed by atoms with Crippen LogP contribution in [0.25, 0.3) is 0 Å². The van der Waals surface area contributed by atoms with Crippen molar-refractivity contribution in [1.82, 2.24) is 5.32 Å². The lowest BCUT2D eigenvalue weighted by atomic mass is 10.1. The fourth-order valence-electron chi connectivity index (χ4n) is 2.06. The first kappa shape index (κ1) is 14.5. The zero-order valence-corrected chi connectivity index (χ0v) is 11.2. The summed E-state index contributed by atoms with van der Waals surface area (Å²) in [5.41, 5.74) is 3.45. The van der Waals surface area contributed by atoms with Gasteiger partial charge in [-0.05, 0) is 43.5 Å². The van der Waals surface area contributed by atoms with Gasteiger partial charge in [-0.15, -0.1) is 0 Å². The van der Waals surface area contributed by atoms with Gasteiger partial charge >= 0.3 is 5.97 Å². The Morgan fingerprint density at radius 1 is 1.33 bits per heavy atom. The van der Waals surface area contributed by atoms with Crippen LogP contribution in [0.5, 0.6) is 5.75 Å². The van der Waals surface area contributed by atoms with Crippen LogP contribution in [0.15, 0.2) is 12.1 Å². The third-order valence-corrected chi connectivity index (χ3v) is 2.80. The molecule has 0 aliphatic rings. The first-order valence-corrected chi connectivity index (χ1v) is 6.11. The summed E-state index contributed by atoms with van der Waals surface area (Å²) in [6, 6.07) is 4.19. The maximum absolute atomic E-state index is 10.4. The van der Waals surface area contributed by atoms with Crippen LogP contribution >= 0.6 is 0 Å². The number of benzene rings is 1. The first-order valence-electron chi connectivity index (χ1n) is 6.11. The number of aliphatic carboxylic acids is 1. The van der Waals surface area contributed by atoms with Crippen molar-refractivity contribution in [3.05, 3.63) is 28.8 Å². The Hall–Kier alpha value is -1.55. The van der Waals surface area contributed by atoms with Gasteiger partial charge in [-0.2, -0.15) is 0 Å². The molecule has 0 saturated carbocycles. The molecular formula is C14H21NO3. The average Bonchev–Trinajstić information content (AvgIpc) is 2.27. The number of rotatable bonds is 7. The normalized spacial score (nSPS) is 10.4. The molecule has 100 valence electrons. The van der Waals surface area contributed by atoms with Gasteiger partial charge in [-0.3, -0.25) is 4.79 Å². The molecule has 0 radical (unpaired) electrons. The minimum absolute atomic E-state index is 0.216. The van der Waals surface area contributed by atoms with E-state index in [1.54, 1.807) is 7.11 Å². The molecule has 0 bridgehead atoms. The summed E-state index contributed by atoms with van der Waals surface area (Å²) in [7, 11) is 1.68. The second-order valence-electron chi connectivity index (χ2n) is 4.44. The van der Waals surface area contributed by atoms with Gasteiger partial charge in [0.15, 0.2) is 0 Å². The van der Waals surface area contributed by atoms with Crippen LogP contribution in [0.2, 0.25) is 0 Å². The van der Waals surface area contributed by atoms with Gasteiger partial charge in [0, 0.05) is 13.0 Å². The molecule has 0 aliphatic heterocycles. The summed E-state index contributed by atoms with van der Waals surface area (Å²) in [5, 5.41) is 11.8. The first-order chi connectivity index (χ1) is 8.54. The summed E-state index contributed by atoms with van der Waals surface area (Å²) in [5.74, 6) is 0.192. The minimum Gasteiger partial charge on any atom is -0.496 e. The summed E-state index contributed by atoms with van der Waals surface area (Å²) < 4.78 is 5.31. The van der Waals surface area contributed by atoms with Crippen molar-refractivity contribution in [2.45, 2.75) is 33.2 Å². The number of aryl methyl sites for hydroxylation is 2. The van der Waals surface area contributed by atoms with E-state index in [2.05, 4.69) is 17.4 Å². The Morgan fingerprint density at radius 3 is 2.44 bits per heavy atom. The van der Waals surface area contributed by atoms with Crippen LogP contribution in [-0.2, 0) is 11.3 Å². The second kappa shape index (κ2) is 7.01. The van der Waals surface area contributed by atoms with Crippen LogP contribution in [0.3, 0.4) is 0 Å². The van der Waals surface area contributed by atoms with Gasteiger partial charge in [0.2, 0.25) is 0 Å². The van der Waals surface area contributed by atoms with Gasteiger partial charge in [0.05, 0.1) is 7.11 Å². The van der Waals surface area contributed by atoms with E-state index in [-0.39, 0.29) is 6.42 Å². The number of carbonyl (C=O) groups is 1. The standard InChI is InChI=1S/C14H21NO3/c1-10-7-12(8-11(2)14(10)18-3)9-15-6-4-5-13(16)17/h7-8,15H,4-6,9H2,1-3H3,(H,16,17). The molecule has 0 amide bonds. The Kier molecular flexibility index (Phi) is 5.65. The second-order valence-corrected chi connectivity index (χ2v) is 4.44. The predicted molar refractivity (Wildman–Crippen MR) is 71.0 cm³/mol. The van der Waals surface area contributed by atoms with Crippen LogP contribution in [0.1, 0.15) is 29.5 Å². The van der Waals surface area contributed by atoms with Crippen molar-refractivity contribution in [1.29, 1.82) is 0 Å². The molecule has 4 nitrogen and oxygen atoms in total. The highest BCUT2D eigenvalue weighted by molar-refractivity contribution is 5.66. The Bertz CT molecular complexity index is 392. The van der Waals surface area contributed by atoms with E-state index < -0.39 is 5.97 Å². The molecule has 0 fully saturated rings. The van der Waals surface area contributed by atoms with E-state index in [1.807, 2.05) is 13.8 Å². The predicted octanol–water partition coefficient (Wildman–Crippen LogP) is 2.27. The number of ether oxygens (including phenoxy) is 1. The lowest BCUT2D eigenvalue weighted by molar-refractivity contribution is -0.137. The smallest absolute Gasteiger partial charge is 0.303 e. The monoisotopic (exact) mass is 251 g/mol. The van der Waals surface area contributed by atoms with E-state index in [9.17, 15) is 4.79 Å². The average molecular weight is 251 g/mol. The number of hydrogen-bond acceptors (Lipinski definition) is 3. The van der Waals surface area contributed by atoms with E-state index in [0.29, 0.717) is 6.42 Å². The van der Waals surface area contributed by atoms with E-state index in [4.69, 9.17) is 9.84 Å². The van der Waals surface area contributed by atoms with Gasteiger partial charge in [-0.25, -0.2) is 0 Å². The topological polar surface area (TPSA) is 58.6 Å². The number of nitrogens with one attached hydrogen (secondary N) is 1. The molecule has 0 aliphatic carbocycles. The Balaban J connectivity index is 2.46. The Labute approximate surface area is 108 Å². The third-order valence-electron chi connectivity index (χ3n) is 2.80. The molecule has 0 saturated heterocycles. The largest absolute Gasteiger partial charge is 0.496 e. The van der Waals surface area contributed by atoms with Crippen molar-refractivity contribution >= 4 is 5.97 Å². The van der Waals surface area contributed by atoms with Crippen molar-refractivity contribution in [2.75, 3.05) is 13.7 Å². The fourth-order valence-corrected chi connectivity index (χ4v) is 2.06. The number of carboxylic acids is 1. The molecule has 2 N–H and O–H groups in total. The van der Waals surface area contributed by atoms with Crippen molar-refractivity contribution in [3.63, 3.8) is 0 Å². The van der Waals surface area contributed by atoms with Crippen LogP contribution in [-0.4, -0.2) is 24.7 Å². The van der Waals surface area contributed by atoms with E-state index in [1.165, 1.54) is 5.56 Å². The third kappa shape index (κ3) is 4.37. The highest BCUT2D eigenvalue weighted by Crippen LogP contribution is 2.24. The summed E-state index contributed by atoms with van der Waals surface area (Å²) in [6.45, 7) is 5.53. The summed E-state index contributed by atoms with van der Waals surface area (Å²) in [6.07, 6.45) is 0.872. The van der Waals surface area contributed by atoms with Crippen LogP contribution in [0, 0.1) is 13.8 Å². The van der Waals surface area contributed by atoms with Gasteiger partial charge < -0.3 is 15.2 Å². The molecule has 0 unspecified atom stereocenters. The molecule has 1 aromatic carbocycles. The summed E-state index contributed by atoms with van der Waals surface area (Å²) in [4.78, 5) is 10.4. The quantitative estimate of drug-likeness (QED) is 0.730. The number of carboxylic acid groups (broad SMARTS) is 1. The maximum Gasteiger partial charge on any atom is 0.303 e. The fraction of sp³-hybridized carbons (Fsp3) is 0.500. The zero-order valence-electron chi connectivity index (χ0n) is 11.2. The van der Waals surface area contributed by atoms with Crippen LogP contribution < -0.4 is 10.1 Å². The molecule has 0 aromatic heterocycles. The van der Waals surface area contributed by atoms with Gasteiger partial charge in [0.25, 0.3) is 0 Å². The van der Waals surface area contributed by atoms with Gasteiger partial charge in [0.1, 0.15) is 5.75 Å². The molecule has 0 heterocycles. The molecule has 0 spiro atoms. The van der Waals surface area contributed by atoms with Crippen molar-refractivity contribution < 1.29 is 14.6 Å². The van der Waals surface area contributed by atoms with Crippen LogP contribution in [0.4, 0.5) is 0 Å².